The summed E-state index contributed by atoms with van der Waals surface area (Å²) < 4.78 is 21.4. The molecule has 0 atom stereocenters. The van der Waals surface area contributed by atoms with Gasteiger partial charge in [-0.25, -0.2) is 4.79 Å². The number of fused-ring (bicyclic) bond motifs is 1. The van der Waals surface area contributed by atoms with Gasteiger partial charge in [0.1, 0.15) is 13.2 Å². The first kappa shape index (κ1) is 13.3. The van der Waals surface area contributed by atoms with Crippen LogP contribution in [0, 0.1) is 0 Å². The Morgan fingerprint density at radius 3 is 2.48 bits per heavy atom. The van der Waals surface area contributed by atoms with E-state index in [4.69, 9.17) is 18.9 Å². The molecule has 0 spiro atoms. The molecule has 2 aromatic carbocycles. The van der Waals surface area contributed by atoms with Gasteiger partial charge >= 0.3 is 5.97 Å². The zero-order chi connectivity index (χ0) is 14.7. The van der Waals surface area contributed by atoms with Gasteiger partial charge in [0, 0.05) is 0 Å². The van der Waals surface area contributed by atoms with Crippen LogP contribution < -0.4 is 18.9 Å². The van der Waals surface area contributed by atoms with Crippen molar-refractivity contribution in [3.8, 4) is 23.0 Å². The van der Waals surface area contributed by atoms with Crippen molar-refractivity contribution in [2.45, 2.75) is 0 Å². The van der Waals surface area contributed by atoms with Crippen molar-refractivity contribution in [1.82, 2.24) is 0 Å². The number of benzene rings is 2. The fourth-order valence-corrected chi connectivity index (χ4v) is 2.03. The quantitative estimate of drug-likeness (QED) is 0.641. The molecule has 3 rings (SSSR count). The van der Waals surface area contributed by atoms with E-state index in [1.165, 1.54) is 7.11 Å². The number of hydrogen-bond donors (Lipinski definition) is 0. The van der Waals surface area contributed by atoms with Gasteiger partial charge in [-0.3, -0.25) is 0 Å². The van der Waals surface area contributed by atoms with Gasteiger partial charge in [-0.2, -0.15) is 0 Å². The zero-order valence-corrected chi connectivity index (χ0v) is 11.5. The first-order valence-electron chi connectivity index (χ1n) is 6.53. The predicted octanol–water partition coefficient (Wildman–Crippen LogP) is 2.69. The van der Waals surface area contributed by atoms with E-state index < -0.39 is 5.97 Å². The van der Waals surface area contributed by atoms with Gasteiger partial charge in [0.15, 0.2) is 23.0 Å². The third kappa shape index (κ3) is 2.76. The molecule has 0 aromatic heterocycles. The standard InChI is InChI=1S/C16H14O5/c1-18-12-4-2-3-5-14(12)21-16(17)11-6-7-13-15(10-11)20-9-8-19-13/h2-7,10H,8-9H2,1H3. The lowest BCUT2D eigenvalue weighted by Crippen LogP contribution is -2.16. The zero-order valence-electron chi connectivity index (χ0n) is 11.5. The molecule has 1 heterocycles. The molecule has 0 radical (unpaired) electrons. The van der Waals surface area contributed by atoms with Crippen molar-refractivity contribution >= 4 is 5.97 Å². The molecule has 0 unspecified atom stereocenters. The molecule has 0 saturated heterocycles. The number of carbonyl (C=O) groups excluding carboxylic acids is 1. The molecule has 0 amide bonds. The molecule has 0 aliphatic carbocycles. The van der Waals surface area contributed by atoms with E-state index >= 15 is 0 Å². The van der Waals surface area contributed by atoms with Crippen LogP contribution in [-0.4, -0.2) is 26.3 Å². The third-order valence-corrected chi connectivity index (χ3v) is 3.05. The van der Waals surface area contributed by atoms with Crippen LogP contribution in [-0.2, 0) is 0 Å². The summed E-state index contributed by atoms with van der Waals surface area (Å²) in [6.07, 6.45) is 0. The molecule has 5 heteroatoms. The normalized spacial score (nSPS) is 12.6. The van der Waals surface area contributed by atoms with Gasteiger partial charge in [-0.1, -0.05) is 12.1 Å². The number of ether oxygens (including phenoxy) is 4. The van der Waals surface area contributed by atoms with Crippen LogP contribution in [0.5, 0.6) is 23.0 Å². The lowest BCUT2D eigenvalue weighted by atomic mass is 10.2. The lowest BCUT2D eigenvalue weighted by Gasteiger charge is -2.18. The van der Waals surface area contributed by atoms with Crippen LogP contribution in [0.3, 0.4) is 0 Å². The highest BCUT2D eigenvalue weighted by Gasteiger charge is 2.17. The highest BCUT2D eigenvalue weighted by molar-refractivity contribution is 5.92. The number of para-hydroxylation sites is 2. The van der Waals surface area contributed by atoms with E-state index in [1.54, 1.807) is 42.5 Å². The van der Waals surface area contributed by atoms with Crippen LogP contribution in [0.2, 0.25) is 0 Å². The second-order valence-corrected chi connectivity index (χ2v) is 4.40. The molecular weight excluding hydrogens is 272 g/mol. The summed E-state index contributed by atoms with van der Waals surface area (Å²) in [5.74, 6) is 1.59. The van der Waals surface area contributed by atoms with Crippen molar-refractivity contribution in [2.75, 3.05) is 20.3 Å². The van der Waals surface area contributed by atoms with Gasteiger partial charge < -0.3 is 18.9 Å². The summed E-state index contributed by atoms with van der Waals surface area (Å²) in [7, 11) is 1.52. The Bertz CT molecular complexity index is 665. The minimum Gasteiger partial charge on any atom is -0.493 e. The Kier molecular flexibility index (Phi) is 3.64. The number of methoxy groups -OCH3 is 1. The number of esters is 1. The van der Waals surface area contributed by atoms with Crippen LogP contribution in [0.25, 0.3) is 0 Å². The summed E-state index contributed by atoms with van der Waals surface area (Å²) in [6.45, 7) is 0.982. The topological polar surface area (TPSA) is 54.0 Å². The molecule has 1 aliphatic heterocycles. The molecule has 0 N–H and O–H groups in total. The van der Waals surface area contributed by atoms with Crippen LogP contribution in [0.4, 0.5) is 0 Å². The Balaban J connectivity index is 1.82. The second kappa shape index (κ2) is 5.75. The molecule has 5 nitrogen and oxygen atoms in total. The Morgan fingerprint density at radius 2 is 1.71 bits per heavy atom. The molecular formula is C16H14O5. The van der Waals surface area contributed by atoms with E-state index in [9.17, 15) is 4.79 Å². The van der Waals surface area contributed by atoms with E-state index in [2.05, 4.69) is 0 Å². The maximum absolute atomic E-state index is 12.2. The van der Waals surface area contributed by atoms with Gasteiger partial charge in [-0.15, -0.1) is 0 Å². The van der Waals surface area contributed by atoms with Gasteiger partial charge in [-0.05, 0) is 30.3 Å². The summed E-state index contributed by atoms with van der Waals surface area (Å²) in [5, 5.41) is 0. The average Bonchev–Trinajstić information content (AvgIpc) is 2.55. The van der Waals surface area contributed by atoms with Crippen molar-refractivity contribution in [3.05, 3.63) is 48.0 Å². The van der Waals surface area contributed by atoms with E-state index in [0.717, 1.165) is 0 Å². The average molecular weight is 286 g/mol. The smallest absolute Gasteiger partial charge is 0.343 e. The fraction of sp³-hybridized carbons (Fsp3) is 0.188. The first-order valence-corrected chi connectivity index (χ1v) is 6.53. The first-order chi connectivity index (χ1) is 10.3. The second-order valence-electron chi connectivity index (χ2n) is 4.40. The number of hydrogen-bond acceptors (Lipinski definition) is 5. The van der Waals surface area contributed by atoms with Gasteiger partial charge in [0.2, 0.25) is 0 Å². The van der Waals surface area contributed by atoms with E-state index in [-0.39, 0.29) is 0 Å². The van der Waals surface area contributed by atoms with Crippen molar-refractivity contribution in [2.24, 2.45) is 0 Å². The molecule has 21 heavy (non-hydrogen) atoms. The molecule has 0 saturated carbocycles. The van der Waals surface area contributed by atoms with Crippen LogP contribution in [0.15, 0.2) is 42.5 Å². The maximum atomic E-state index is 12.2. The number of carbonyl (C=O) groups is 1. The van der Waals surface area contributed by atoms with Crippen molar-refractivity contribution in [1.29, 1.82) is 0 Å². The highest BCUT2D eigenvalue weighted by Crippen LogP contribution is 2.32. The summed E-state index contributed by atoms with van der Waals surface area (Å²) in [4.78, 5) is 12.2. The maximum Gasteiger partial charge on any atom is 0.343 e. The van der Waals surface area contributed by atoms with E-state index in [0.29, 0.717) is 41.8 Å². The van der Waals surface area contributed by atoms with E-state index in [1.807, 2.05) is 0 Å². The highest BCUT2D eigenvalue weighted by atomic mass is 16.6. The molecule has 0 fully saturated rings. The molecule has 2 aromatic rings. The minimum atomic E-state index is -0.475. The summed E-state index contributed by atoms with van der Waals surface area (Å²) in [5.41, 5.74) is 0.394. The fourth-order valence-electron chi connectivity index (χ4n) is 2.03. The number of rotatable bonds is 3. The van der Waals surface area contributed by atoms with Gasteiger partial charge in [0.25, 0.3) is 0 Å². The molecule has 108 valence electrons. The Labute approximate surface area is 122 Å². The summed E-state index contributed by atoms with van der Waals surface area (Å²) in [6, 6.07) is 11.9. The van der Waals surface area contributed by atoms with Gasteiger partial charge in [0.05, 0.1) is 12.7 Å². The Morgan fingerprint density at radius 1 is 1.00 bits per heavy atom. The predicted molar refractivity (Wildman–Crippen MR) is 75.4 cm³/mol. The monoisotopic (exact) mass is 286 g/mol. The SMILES string of the molecule is COc1ccccc1OC(=O)c1ccc2c(c1)OCCO2. The van der Waals surface area contributed by atoms with Crippen molar-refractivity contribution < 1.29 is 23.7 Å². The van der Waals surface area contributed by atoms with Crippen LogP contribution >= 0.6 is 0 Å². The third-order valence-electron chi connectivity index (χ3n) is 3.05. The molecule has 0 bridgehead atoms. The lowest BCUT2D eigenvalue weighted by molar-refractivity contribution is 0.0728. The largest absolute Gasteiger partial charge is 0.493 e. The minimum absolute atomic E-state index is 0.375. The summed E-state index contributed by atoms with van der Waals surface area (Å²) >= 11 is 0. The van der Waals surface area contributed by atoms with Crippen molar-refractivity contribution in [3.63, 3.8) is 0 Å². The van der Waals surface area contributed by atoms with Crippen LogP contribution in [0.1, 0.15) is 10.4 Å². The molecule has 1 aliphatic rings. The Hall–Kier alpha value is -2.69.